The highest BCUT2D eigenvalue weighted by Gasteiger charge is 2.23. The van der Waals surface area contributed by atoms with Gasteiger partial charge in [0.15, 0.2) is 17.5 Å². The molecule has 236 valence electrons. The molecule has 0 bridgehead atoms. The van der Waals surface area contributed by atoms with Gasteiger partial charge in [-0.2, -0.15) is 0 Å². The maximum atomic E-state index is 5.23. The first-order valence-electron chi connectivity index (χ1n) is 17.3. The number of nitrogens with zero attached hydrogens (tertiary/aromatic N) is 4. The van der Waals surface area contributed by atoms with Crippen molar-refractivity contribution in [3.63, 3.8) is 0 Å². The molecule has 1 aliphatic rings. The van der Waals surface area contributed by atoms with Crippen LogP contribution in [0, 0.1) is 0 Å². The molecule has 2 heterocycles. The topological polar surface area (TPSA) is 43.6 Å². The highest BCUT2D eigenvalue weighted by molar-refractivity contribution is 6.16. The molecule has 4 heteroatoms. The molecule has 4 nitrogen and oxygen atoms in total. The Kier molecular flexibility index (Phi) is 5.92. The molecule has 0 fully saturated rings. The van der Waals surface area contributed by atoms with Crippen molar-refractivity contribution >= 4 is 43.4 Å². The molecule has 8 aromatic carbocycles. The Bertz CT molecular complexity index is 2990. The molecule has 2 aromatic heterocycles. The third-order valence-corrected chi connectivity index (χ3v) is 10.3. The van der Waals surface area contributed by atoms with Crippen molar-refractivity contribution in [3.8, 4) is 62.1 Å². The van der Waals surface area contributed by atoms with Crippen molar-refractivity contribution in [1.82, 2.24) is 19.5 Å². The zero-order valence-electron chi connectivity index (χ0n) is 27.5. The van der Waals surface area contributed by atoms with Gasteiger partial charge in [-0.3, -0.25) is 0 Å². The normalized spacial score (nSPS) is 11.9. The molecule has 0 saturated heterocycles. The van der Waals surface area contributed by atoms with Gasteiger partial charge in [0.2, 0.25) is 0 Å². The summed E-state index contributed by atoms with van der Waals surface area (Å²) in [6.07, 6.45) is 0. The lowest BCUT2D eigenvalue weighted by molar-refractivity contribution is 1.07. The molecule has 0 amide bonds. The van der Waals surface area contributed by atoms with Crippen molar-refractivity contribution in [1.29, 1.82) is 0 Å². The quantitative estimate of drug-likeness (QED) is 0.191. The molecule has 1 aliphatic carbocycles. The molecule has 0 aliphatic heterocycles. The van der Waals surface area contributed by atoms with Crippen LogP contribution in [0.2, 0.25) is 0 Å². The van der Waals surface area contributed by atoms with Gasteiger partial charge in [-0.05, 0) is 86.3 Å². The molecular weight excluding hydrogens is 621 g/mol. The molecule has 0 unspecified atom stereocenters. The average Bonchev–Trinajstić information content (AvgIpc) is 3.71. The number of fused-ring (bicyclic) bond motifs is 7. The van der Waals surface area contributed by atoms with Crippen LogP contribution in [0.4, 0.5) is 0 Å². The SMILES string of the molecule is c1cc(-c2nc(-c3ccc4ccccc4c3)nc(-c3cc4c5c(cccc5c3)-c3ccccc3-4)n2)cc(-n2c3ccccc3c3ccccc32)c1. The maximum absolute atomic E-state index is 5.23. The Balaban J connectivity index is 1.14. The summed E-state index contributed by atoms with van der Waals surface area (Å²) in [4.78, 5) is 15.6. The number of rotatable bonds is 4. The minimum absolute atomic E-state index is 0.636. The van der Waals surface area contributed by atoms with E-state index < -0.39 is 0 Å². The van der Waals surface area contributed by atoms with E-state index in [1.165, 1.54) is 49.2 Å². The summed E-state index contributed by atoms with van der Waals surface area (Å²) >= 11 is 0. The largest absolute Gasteiger partial charge is 0.309 e. The van der Waals surface area contributed by atoms with Gasteiger partial charge in [-0.15, -0.1) is 0 Å². The monoisotopic (exact) mass is 648 g/mol. The highest BCUT2D eigenvalue weighted by Crippen LogP contribution is 2.48. The average molecular weight is 649 g/mol. The summed E-state index contributed by atoms with van der Waals surface area (Å²) in [7, 11) is 0. The summed E-state index contributed by atoms with van der Waals surface area (Å²) in [6.45, 7) is 0. The van der Waals surface area contributed by atoms with Crippen LogP contribution in [-0.2, 0) is 0 Å². The maximum Gasteiger partial charge on any atom is 0.164 e. The van der Waals surface area contributed by atoms with E-state index in [0.29, 0.717) is 17.5 Å². The number of benzene rings is 8. The fraction of sp³-hybridized carbons (Fsp3) is 0. The zero-order chi connectivity index (χ0) is 33.5. The highest BCUT2D eigenvalue weighted by atomic mass is 15.0. The van der Waals surface area contributed by atoms with E-state index in [9.17, 15) is 0 Å². The fourth-order valence-electron chi connectivity index (χ4n) is 8.02. The van der Waals surface area contributed by atoms with Gasteiger partial charge >= 0.3 is 0 Å². The number of aromatic nitrogens is 4. The Morgan fingerprint density at radius 3 is 1.65 bits per heavy atom. The zero-order valence-corrected chi connectivity index (χ0v) is 27.5. The predicted octanol–water partition coefficient (Wildman–Crippen LogP) is 11.9. The van der Waals surface area contributed by atoms with E-state index in [1.807, 2.05) is 0 Å². The molecule has 51 heavy (non-hydrogen) atoms. The van der Waals surface area contributed by atoms with Gasteiger partial charge in [-0.25, -0.2) is 15.0 Å². The molecule has 0 spiro atoms. The number of hydrogen-bond donors (Lipinski definition) is 0. The summed E-state index contributed by atoms with van der Waals surface area (Å²) in [5, 5.41) is 7.25. The van der Waals surface area contributed by atoms with Gasteiger partial charge in [-0.1, -0.05) is 127 Å². The second kappa shape index (κ2) is 10.8. The van der Waals surface area contributed by atoms with E-state index in [0.717, 1.165) is 38.8 Å². The predicted molar refractivity (Wildman–Crippen MR) is 210 cm³/mol. The first kappa shape index (κ1) is 28.0. The minimum atomic E-state index is 0.636. The summed E-state index contributed by atoms with van der Waals surface area (Å²) in [5.74, 6) is 1.93. The molecular formula is C47H28N4. The van der Waals surface area contributed by atoms with Crippen LogP contribution >= 0.6 is 0 Å². The second-order valence-corrected chi connectivity index (χ2v) is 13.3. The Labute approximate surface area is 294 Å². The Morgan fingerprint density at radius 2 is 0.882 bits per heavy atom. The van der Waals surface area contributed by atoms with Crippen LogP contribution < -0.4 is 0 Å². The van der Waals surface area contributed by atoms with Crippen molar-refractivity contribution < 1.29 is 0 Å². The summed E-state index contributed by atoms with van der Waals surface area (Å²) < 4.78 is 2.33. The van der Waals surface area contributed by atoms with Crippen LogP contribution in [0.1, 0.15) is 0 Å². The smallest absolute Gasteiger partial charge is 0.164 e. The van der Waals surface area contributed by atoms with Crippen molar-refractivity contribution in [2.24, 2.45) is 0 Å². The lowest BCUT2D eigenvalue weighted by Crippen LogP contribution is -2.01. The molecule has 0 N–H and O–H groups in total. The molecule has 0 saturated carbocycles. The second-order valence-electron chi connectivity index (χ2n) is 13.3. The van der Waals surface area contributed by atoms with Crippen molar-refractivity contribution in [2.45, 2.75) is 0 Å². The van der Waals surface area contributed by atoms with Gasteiger partial charge in [0.25, 0.3) is 0 Å². The van der Waals surface area contributed by atoms with E-state index in [1.54, 1.807) is 0 Å². The van der Waals surface area contributed by atoms with Crippen LogP contribution in [0.5, 0.6) is 0 Å². The lowest BCUT2D eigenvalue weighted by atomic mass is 9.99. The minimum Gasteiger partial charge on any atom is -0.309 e. The molecule has 0 atom stereocenters. The van der Waals surface area contributed by atoms with Crippen molar-refractivity contribution in [2.75, 3.05) is 0 Å². The summed E-state index contributed by atoms with van der Waals surface area (Å²) in [6, 6.07) is 60.3. The van der Waals surface area contributed by atoms with Crippen LogP contribution in [0.15, 0.2) is 170 Å². The fourth-order valence-corrected chi connectivity index (χ4v) is 8.02. The van der Waals surface area contributed by atoms with Gasteiger partial charge in [0, 0.05) is 33.2 Å². The van der Waals surface area contributed by atoms with E-state index in [-0.39, 0.29) is 0 Å². The lowest BCUT2D eigenvalue weighted by Gasteiger charge is -2.12. The first-order valence-corrected chi connectivity index (χ1v) is 17.3. The summed E-state index contributed by atoms with van der Waals surface area (Å²) in [5.41, 5.74) is 11.2. The Hall–Kier alpha value is -6.91. The van der Waals surface area contributed by atoms with Crippen LogP contribution in [0.25, 0.3) is 105 Å². The van der Waals surface area contributed by atoms with Gasteiger partial charge in [0.1, 0.15) is 0 Å². The van der Waals surface area contributed by atoms with E-state index >= 15 is 0 Å². The first-order chi connectivity index (χ1) is 25.3. The Morgan fingerprint density at radius 1 is 0.333 bits per heavy atom. The molecule has 10 aromatic rings. The molecule has 0 radical (unpaired) electrons. The molecule has 11 rings (SSSR count). The third kappa shape index (κ3) is 4.30. The van der Waals surface area contributed by atoms with Gasteiger partial charge in [0.05, 0.1) is 11.0 Å². The van der Waals surface area contributed by atoms with Crippen molar-refractivity contribution in [3.05, 3.63) is 170 Å². The van der Waals surface area contributed by atoms with Gasteiger partial charge < -0.3 is 4.57 Å². The van der Waals surface area contributed by atoms with Crippen LogP contribution in [-0.4, -0.2) is 19.5 Å². The number of para-hydroxylation sites is 2. The number of hydrogen-bond acceptors (Lipinski definition) is 3. The standard InChI is InChI=1S/C47H28N4/c1-2-12-30-25-33(24-23-29(30)11-1)46-48-45(32-14-9-15-35(27-32)51-42-21-7-5-18-38(42)39-19-6-8-22-43(39)51)49-47(50-46)34-26-31-13-10-20-40-36-16-3-4-17-37(36)41(28-34)44(31)40/h1-28H. The van der Waals surface area contributed by atoms with Crippen LogP contribution in [0.3, 0.4) is 0 Å². The third-order valence-electron chi connectivity index (χ3n) is 10.3. The van der Waals surface area contributed by atoms with E-state index in [2.05, 4.69) is 174 Å². The van der Waals surface area contributed by atoms with E-state index in [4.69, 9.17) is 15.0 Å².